The topological polar surface area (TPSA) is 20.2 Å². The molecule has 0 saturated heterocycles. The van der Waals surface area contributed by atoms with E-state index in [9.17, 15) is 0 Å². The molecule has 76 valence electrons. The van der Waals surface area contributed by atoms with E-state index in [0.717, 1.165) is 17.3 Å². The number of halogens is 1. The highest BCUT2D eigenvalue weighted by atomic mass is 79.9. The fraction of sp³-hybridized carbons (Fsp3) is 0.333. The molecular formula is C12H15BrO. The first-order chi connectivity index (χ1) is 6.77. The Hall–Kier alpha value is -0.600. The zero-order chi connectivity index (χ0) is 10.4. The van der Waals surface area contributed by atoms with Gasteiger partial charge in [0.15, 0.2) is 0 Å². The van der Waals surface area contributed by atoms with E-state index in [4.69, 9.17) is 5.11 Å². The Morgan fingerprint density at radius 2 is 2.00 bits per heavy atom. The van der Waals surface area contributed by atoms with Crippen LogP contribution in [0, 0.1) is 0 Å². The van der Waals surface area contributed by atoms with Crippen molar-refractivity contribution < 1.29 is 5.11 Å². The van der Waals surface area contributed by atoms with Crippen molar-refractivity contribution in [3.05, 3.63) is 40.4 Å². The summed E-state index contributed by atoms with van der Waals surface area (Å²) in [5, 5.41) is 8.93. The molecule has 0 aliphatic rings. The van der Waals surface area contributed by atoms with Crippen molar-refractivity contribution in [1.29, 1.82) is 0 Å². The van der Waals surface area contributed by atoms with Crippen LogP contribution in [-0.4, -0.2) is 11.7 Å². The third-order valence-electron chi connectivity index (χ3n) is 2.05. The van der Waals surface area contributed by atoms with Gasteiger partial charge in [-0.15, -0.1) is 0 Å². The van der Waals surface area contributed by atoms with Crippen molar-refractivity contribution in [2.75, 3.05) is 6.61 Å². The molecule has 0 spiro atoms. The molecule has 1 aromatic rings. The minimum atomic E-state index is 0.210. The molecular weight excluding hydrogens is 240 g/mol. The Labute approximate surface area is 93.6 Å². The zero-order valence-electron chi connectivity index (χ0n) is 8.33. The number of allylic oxidation sites excluding steroid dienone is 1. The molecule has 0 amide bonds. The first kappa shape index (κ1) is 11.5. The van der Waals surface area contributed by atoms with Crippen molar-refractivity contribution in [3.63, 3.8) is 0 Å². The largest absolute Gasteiger partial charge is 0.396 e. The van der Waals surface area contributed by atoms with Gasteiger partial charge in [-0.05, 0) is 36.1 Å². The number of aliphatic hydroxyl groups excluding tert-OH is 1. The van der Waals surface area contributed by atoms with Gasteiger partial charge in [0.2, 0.25) is 0 Å². The molecule has 1 aromatic carbocycles. The number of hydrogen-bond donors (Lipinski definition) is 1. The van der Waals surface area contributed by atoms with Crippen molar-refractivity contribution >= 4 is 21.5 Å². The molecule has 0 saturated carbocycles. The lowest BCUT2D eigenvalue weighted by atomic mass is 10.0. The van der Waals surface area contributed by atoms with E-state index in [1.54, 1.807) is 0 Å². The maximum absolute atomic E-state index is 8.93. The molecule has 0 unspecified atom stereocenters. The van der Waals surface area contributed by atoms with Crippen LogP contribution in [0.5, 0.6) is 0 Å². The Morgan fingerprint density at radius 1 is 1.36 bits per heavy atom. The van der Waals surface area contributed by atoms with E-state index in [0.29, 0.717) is 0 Å². The molecule has 14 heavy (non-hydrogen) atoms. The summed E-state index contributed by atoms with van der Waals surface area (Å²) < 4.78 is 1.08. The normalized spacial score (nSPS) is 11.8. The molecule has 0 atom stereocenters. The molecule has 1 rings (SSSR count). The fourth-order valence-electron chi connectivity index (χ4n) is 1.40. The van der Waals surface area contributed by atoms with Gasteiger partial charge in [0, 0.05) is 11.1 Å². The van der Waals surface area contributed by atoms with Crippen molar-refractivity contribution in [1.82, 2.24) is 0 Å². The molecule has 1 nitrogen and oxygen atoms in total. The van der Waals surface area contributed by atoms with Gasteiger partial charge in [0.25, 0.3) is 0 Å². The summed E-state index contributed by atoms with van der Waals surface area (Å²) in [6, 6.07) is 8.19. The lowest BCUT2D eigenvalue weighted by Crippen LogP contribution is -1.89. The number of rotatable bonds is 4. The summed E-state index contributed by atoms with van der Waals surface area (Å²) in [5.41, 5.74) is 2.42. The van der Waals surface area contributed by atoms with Crippen LogP contribution >= 0.6 is 15.9 Å². The summed E-state index contributed by atoms with van der Waals surface area (Å²) in [7, 11) is 0. The third-order valence-corrected chi connectivity index (χ3v) is 2.58. The SMILES string of the molecule is CC/C=C(/CCO)c1ccc(Br)cc1. The van der Waals surface area contributed by atoms with Gasteiger partial charge in [0.05, 0.1) is 0 Å². The highest BCUT2D eigenvalue weighted by Gasteiger charge is 1.99. The molecule has 2 heteroatoms. The molecule has 0 aromatic heterocycles. The Balaban J connectivity index is 2.88. The zero-order valence-corrected chi connectivity index (χ0v) is 9.92. The van der Waals surface area contributed by atoms with Gasteiger partial charge in [-0.2, -0.15) is 0 Å². The predicted molar refractivity (Wildman–Crippen MR) is 64.1 cm³/mol. The predicted octanol–water partition coefficient (Wildman–Crippen LogP) is 3.62. The summed E-state index contributed by atoms with van der Waals surface area (Å²) in [6.45, 7) is 2.32. The molecule has 0 aliphatic heterocycles. The quantitative estimate of drug-likeness (QED) is 0.871. The van der Waals surface area contributed by atoms with E-state index in [1.165, 1.54) is 11.1 Å². The van der Waals surface area contributed by atoms with E-state index in [-0.39, 0.29) is 6.61 Å². The monoisotopic (exact) mass is 254 g/mol. The maximum atomic E-state index is 8.93. The Morgan fingerprint density at radius 3 is 2.50 bits per heavy atom. The fourth-order valence-corrected chi connectivity index (χ4v) is 1.66. The van der Waals surface area contributed by atoms with Crippen LogP contribution in [0.1, 0.15) is 25.3 Å². The maximum Gasteiger partial charge on any atom is 0.0471 e. The van der Waals surface area contributed by atoms with Gasteiger partial charge < -0.3 is 5.11 Å². The molecule has 0 fully saturated rings. The molecule has 0 heterocycles. The minimum absolute atomic E-state index is 0.210. The second-order valence-electron chi connectivity index (χ2n) is 3.12. The van der Waals surface area contributed by atoms with Crippen LogP contribution in [0.25, 0.3) is 5.57 Å². The van der Waals surface area contributed by atoms with Crippen LogP contribution in [0.4, 0.5) is 0 Å². The average Bonchev–Trinajstić information content (AvgIpc) is 2.19. The van der Waals surface area contributed by atoms with Crippen LogP contribution in [-0.2, 0) is 0 Å². The summed E-state index contributed by atoms with van der Waals surface area (Å²) >= 11 is 3.40. The Kier molecular flexibility index (Phi) is 4.91. The number of benzene rings is 1. The van der Waals surface area contributed by atoms with E-state index in [1.807, 2.05) is 12.1 Å². The molecule has 1 N–H and O–H groups in total. The van der Waals surface area contributed by atoms with E-state index < -0.39 is 0 Å². The highest BCUT2D eigenvalue weighted by Crippen LogP contribution is 2.20. The standard InChI is InChI=1S/C12H15BrO/c1-2-3-10(8-9-14)11-4-6-12(13)7-5-11/h3-7,14H,2,8-9H2,1H3/b10-3-. The van der Waals surface area contributed by atoms with Crippen LogP contribution in [0.3, 0.4) is 0 Å². The summed E-state index contributed by atoms with van der Waals surface area (Å²) in [5.74, 6) is 0. The number of hydrogen-bond acceptors (Lipinski definition) is 1. The molecule has 0 bridgehead atoms. The third kappa shape index (κ3) is 3.28. The Bertz CT molecular complexity index is 301. The minimum Gasteiger partial charge on any atom is -0.396 e. The van der Waals surface area contributed by atoms with Gasteiger partial charge in [-0.1, -0.05) is 41.1 Å². The summed E-state index contributed by atoms with van der Waals surface area (Å²) in [6.07, 6.45) is 3.90. The van der Waals surface area contributed by atoms with Crippen molar-refractivity contribution in [3.8, 4) is 0 Å². The van der Waals surface area contributed by atoms with E-state index >= 15 is 0 Å². The van der Waals surface area contributed by atoms with Gasteiger partial charge in [-0.25, -0.2) is 0 Å². The highest BCUT2D eigenvalue weighted by molar-refractivity contribution is 9.10. The second kappa shape index (κ2) is 5.99. The lowest BCUT2D eigenvalue weighted by Gasteiger charge is -2.05. The molecule has 0 aliphatic carbocycles. The van der Waals surface area contributed by atoms with Crippen LogP contribution < -0.4 is 0 Å². The average molecular weight is 255 g/mol. The van der Waals surface area contributed by atoms with Gasteiger partial charge >= 0.3 is 0 Å². The van der Waals surface area contributed by atoms with Crippen LogP contribution in [0.15, 0.2) is 34.8 Å². The smallest absolute Gasteiger partial charge is 0.0471 e. The second-order valence-corrected chi connectivity index (χ2v) is 4.03. The summed E-state index contributed by atoms with van der Waals surface area (Å²) in [4.78, 5) is 0. The molecule has 0 radical (unpaired) electrons. The van der Waals surface area contributed by atoms with Crippen molar-refractivity contribution in [2.45, 2.75) is 19.8 Å². The van der Waals surface area contributed by atoms with Crippen molar-refractivity contribution in [2.24, 2.45) is 0 Å². The lowest BCUT2D eigenvalue weighted by molar-refractivity contribution is 0.305. The van der Waals surface area contributed by atoms with Crippen LogP contribution in [0.2, 0.25) is 0 Å². The first-order valence-electron chi connectivity index (χ1n) is 4.83. The number of aliphatic hydroxyl groups is 1. The van der Waals surface area contributed by atoms with Gasteiger partial charge in [-0.3, -0.25) is 0 Å². The first-order valence-corrected chi connectivity index (χ1v) is 5.63. The van der Waals surface area contributed by atoms with E-state index in [2.05, 4.69) is 41.1 Å². The van der Waals surface area contributed by atoms with Gasteiger partial charge in [0.1, 0.15) is 0 Å².